The van der Waals surface area contributed by atoms with Crippen molar-refractivity contribution in [3.8, 4) is 39.7 Å². The number of aromatic nitrogens is 7. The zero-order valence-corrected chi connectivity index (χ0v) is 26.3. The molecule has 8 rings (SSSR count). The van der Waals surface area contributed by atoms with Gasteiger partial charge in [0.2, 0.25) is 0 Å². The average molecular weight is 640 g/mol. The standard InChI is InChI=1S/C37H34FN9O/c38-29-15-26(16-30(18-29)48-13-12-47-10-4-5-11-47)33-35-32(8-9-41-33)43-37(44-35)34-31-17-28(23-42-36(31)46-45-34)27-14-25(21-40-22-27)20-39-19-24-6-2-1-3-7-24/h1-3,6-9,14-18,21-23,39H,4-5,10-13,19-20H2,(H,43,44)(H,42,45,46). The summed E-state index contributed by atoms with van der Waals surface area (Å²) in [4.78, 5) is 24.4. The summed E-state index contributed by atoms with van der Waals surface area (Å²) in [7, 11) is 0. The average Bonchev–Trinajstić information content (AvgIpc) is 3.88. The number of H-pyrrole nitrogens is 2. The molecule has 1 aliphatic rings. The topological polar surface area (TPSA) is 121 Å². The van der Waals surface area contributed by atoms with E-state index in [4.69, 9.17) is 9.72 Å². The van der Waals surface area contributed by atoms with E-state index in [2.05, 4.69) is 58.5 Å². The van der Waals surface area contributed by atoms with Crippen LogP contribution in [0.2, 0.25) is 0 Å². The van der Waals surface area contributed by atoms with Crippen LogP contribution in [0.5, 0.6) is 5.75 Å². The molecule has 11 heteroatoms. The fourth-order valence-electron chi connectivity index (χ4n) is 6.27. The Morgan fingerprint density at radius 2 is 1.69 bits per heavy atom. The van der Waals surface area contributed by atoms with Crippen LogP contribution in [0.3, 0.4) is 0 Å². The molecule has 0 saturated carbocycles. The molecular weight excluding hydrogens is 605 g/mol. The summed E-state index contributed by atoms with van der Waals surface area (Å²) in [5.74, 6) is 0.641. The van der Waals surface area contributed by atoms with Crippen molar-refractivity contribution >= 4 is 22.1 Å². The predicted octanol–water partition coefficient (Wildman–Crippen LogP) is 6.53. The van der Waals surface area contributed by atoms with Gasteiger partial charge in [0.05, 0.1) is 16.6 Å². The fraction of sp³-hybridized carbons (Fsp3) is 0.216. The second-order valence-electron chi connectivity index (χ2n) is 12.1. The maximum atomic E-state index is 14.8. The van der Waals surface area contributed by atoms with Gasteiger partial charge in [-0.3, -0.25) is 20.0 Å². The van der Waals surface area contributed by atoms with Crippen LogP contribution >= 0.6 is 0 Å². The summed E-state index contributed by atoms with van der Waals surface area (Å²) in [6.07, 6.45) is 9.66. The minimum atomic E-state index is -0.388. The molecule has 0 atom stereocenters. The molecule has 240 valence electrons. The van der Waals surface area contributed by atoms with Crippen molar-refractivity contribution in [2.75, 3.05) is 26.2 Å². The van der Waals surface area contributed by atoms with Crippen LogP contribution in [0.4, 0.5) is 4.39 Å². The van der Waals surface area contributed by atoms with E-state index in [1.807, 2.05) is 55.0 Å². The Labute approximate surface area is 276 Å². The molecule has 0 spiro atoms. The Bertz CT molecular complexity index is 2190. The van der Waals surface area contributed by atoms with Gasteiger partial charge in [-0.25, -0.2) is 14.4 Å². The molecule has 0 radical (unpaired) electrons. The van der Waals surface area contributed by atoms with Crippen LogP contribution in [-0.2, 0) is 13.1 Å². The highest BCUT2D eigenvalue weighted by atomic mass is 19.1. The minimum absolute atomic E-state index is 0.388. The molecule has 7 aromatic rings. The van der Waals surface area contributed by atoms with E-state index < -0.39 is 0 Å². The third-order valence-corrected chi connectivity index (χ3v) is 8.69. The van der Waals surface area contributed by atoms with Crippen LogP contribution in [0.25, 0.3) is 56.0 Å². The number of halogens is 1. The molecule has 0 unspecified atom stereocenters. The fourth-order valence-corrected chi connectivity index (χ4v) is 6.27. The van der Waals surface area contributed by atoms with Crippen molar-refractivity contribution in [1.29, 1.82) is 0 Å². The van der Waals surface area contributed by atoms with Gasteiger partial charge in [0.15, 0.2) is 11.5 Å². The Kier molecular flexibility index (Phi) is 8.27. The summed E-state index contributed by atoms with van der Waals surface area (Å²) in [6, 6.07) is 21.0. The number of imidazole rings is 1. The second kappa shape index (κ2) is 13.3. The van der Waals surface area contributed by atoms with Gasteiger partial charge in [-0.1, -0.05) is 30.3 Å². The Morgan fingerprint density at radius 1 is 0.833 bits per heavy atom. The lowest BCUT2D eigenvalue weighted by molar-refractivity contribution is 0.237. The lowest BCUT2D eigenvalue weighted by Crippen LogP contribution is -2.25. The van der Waals surface area contributed by atoms with Crippen molar-refractivity contribution in [1.82, 2.24) is 45.3 Å². The first-order valence-electron chi connectivity index (χ1n) is 16.2. The van der Waals surface area contributed by atoms with E-state index >= 15 is 0 Å². The lowest BCUT2D eigenvalue weighted by Gasteiger charge is -2.15. The van der Waals surface area contributed by atoms with Crippen LogP contribution in [0, 0.1) is 5.82 Å². The highest BCUT2D eigenvalue weighted by molar-refractivity contribution is 5.96. The predicted molar refractivity (Wildman–Crippen MR) is 184 cm³/mol. The zero-order chi connectivity index (χ0) is 32.3. The SMILES string of the molecule is Fc1cc(OCCN2CCCC2)cc(-c2nccc3[nH]c(-c4n[nH]c5ncc(-c6cncc(CNCc7ccccc7)c6)cc45)nc23)c1. The van der Waals surface area contributed by atoms with Crippen molar-refractivity contribution < 1.29 is 9.13 Å². The Morgan fingerprint density at radius 3 is 2.58 bits per heavy atom. The van der Waals surface area contributed by atoms with E-state index in [9.17, 15) is 4.39 Å². The number of nitrogens with zero attached hydrogens (tertiary/aromatic N) is 6. The summed E-state index contributed by atoms with van der Waals surface area (Å²) >= 11 is 0. The van der Waals surface area contributed by atoms with E-state index in [0.717, 1.165) is 53.8 Å². The third kappa shape index (κ3) is 6.38. The number of pyridine rings is 3. The van der Waals surface area contributed by atoms with Crippen LogP contribution in [-0.4, -0.2) is 66.3 Å². The highest BCUT2D eigenvalue weighted by Crippen LogP contribution is 2.33. The number of nitrogens with one attached hydrogen (secondary N) is 3. The number of rotatable bonds is 11. The molecule has 0 aliphatic carbocycles. The number of aromatic amines is 2. The number of likely N-dealkylation sites (tertiary alicyclic amines) is 1. The summed E-state index contributed by atoms with van der Waals surface area (Å²) in [5.41, 5.74) is 7.97. The van der Waals surface area contributed by atoms with E-state index in [0.29, 0.717) is 52.8 Å². The molecule has 48 heavy (non-hydrogen) atoms. The molecule has 3 N–H and O–H groups in total. The first kappa shape index (κ1) is 29.9. The molecule has 0 amide bonds. The van der Waals surface area contributed by atoms with Crippen molar-refractivity contribution in [2.45, 2.75) is 25.9 Å². The first-order valence-corrected chi connectivity index (χ1v) is 16.2. The largest absolute Gasteiger partial charge is 0.492 e. The molecule has 0 bridgehead atoms. The summed E-state index contributed by atoms with van der Waals surface area (Å²) in [6.45, 7) is 4.97. The Balaban J connectivity index is 1.05. The lowest BCUT2D eigenvalue weighted by atomic mass is 10.1. The zero-order valence-electron chi connectivity index (χ0n) is 26.3. The van der Waals surface area contributed by atoms with Crippen LogP contribution in [0.1, 0.15) is 24.0 Å². The van der Waals surface area contributed by atoms with Gasteiger partial charge >= 0.3 is 0 Å². The molecular formula is C37H34FN9O. The molecule has 1 fully saturated rings. The number of hydrogen-bond acceptors (Lipinski definition) is 8. The summed E-state index contributed by atoms with van der Waals surface area (Å²) < 4.78 is 20.8. The molecule has 10 nitrogen and oxygen atoms in total. The van der Waals surface area contributed by atoms with Gasteiger partial charge in [0.1, 0.15) is 29.4 Å². The molecule has 2 aromatic carbocycles. The van der Waals surface area contributed by atoms with Crippen molar-refractivity contribution in [2.24, 2.45) is 0 Å². The Hall–Kier alpha value is -5.52. The molecule has 1 saturated heterocycles. The smallest absolute Gasteiger partial charge is 0.159 e. The van der Waals surface area contributed by atoms with Gasteiger partial charge in [-0.2, -0.15) is 5.10 Å². The first-order chi connectivity index (χ1) is 23.7. The van der Waals surface area contributed by atoms with E-state index in [1.54, 1.807) is 6.20 Å². The highest BCUT2D eigenvalue weighted by Gasteiger charge is 2.18. The van der Waals surface area contributed by atoms with Crippen LogP contribution < -0.4 is 10.1 Å². The molecule has 6 heterocycles. The quantitative estimate of drug-likeness (QED) is 0.146. The second-order valence-corrected chi connectivity index (χ2v) is 12.1. The van der Waals surface area contributed by atoms with Gasteiger partial charge in [0.25, 0.3) is 0 Å². The third-order valence-electron chi connectivity index (χ3n) is 8.69. The van der Waals surface area contributed by atoms with Gasteiger partial charge in [-0.15, -0.1) is 0 Å². The number of benzene rings is 2. The maximum absolute atomic E-state index is 14.8. The van der Waals surface area contributed by atoms with Gasteiger partial charge in [-0.05, 0) is 67.4 Å². The van der Waals surface area contributed by atoms with E-state index in [1.165, 1.54) is 30.5 Å². The van der Waals surface area contributed by atoms with Gasteiger partial charge in [0, 0.05) is 67.2 Å². The number of fused-ring (bicyclic) bond motifs is 2. The number of ether oxygens (including phenoxy) is 1. The molecule has 1 aliphatic heterocycles. The van der Waals surface area contributed by atoms with Crippen molar-refractivity contribution in [3.63, 3.8) is 0 Å². The molecule has 5 aromatic heterocycles. The van der Waals surface area contributed by atoms with Crippen molar-refractivity contribution in [3.05, 3.63) is 108 Å². The van der Waals surface area contributed by atoms with Crippen LogP contribution in [0.15, 0.2) is 91.5 Å². The monoisotopic (exact) mass is 639 g/mol. The maximum Gasteiger partial charge on any atom is 0.159 e. The normalized spacial score (nSPS) is 13.5. The minimum Gasteiger partial charge on any atom is -0.492 e. The number of hydrogen-bond donors (Lipinski definition) is 3. The van der Waals surface area contributed by atoms with Gasteiger partial charge < -0.3 is 15.0 Å². The summed E-state index contributed by atoms with van der Waals surface area (Å²) in [5, 5.41) is 11.9. The van der Waals surface area contributed by atoms with E-state index in [-0.39, 0.29) is 5.82 Å².